The van der Waals surface area contributed by atoms with Gasteiger partial charge in [-0.3, -0.25) is 4.79 Å². The monoisotopic (exact) mass is 213 g/mol. The Kier molecular flexibility index (Phi) is 3.88. The van der Waals surface area contributed by atoms with E-state index in [2.05, 4.69) is 0 Å². The Hall–Kier alpha value is -1.33. The van der Waals surface area contributed by atoms with Crippen LogP contribution in [0.1, 0.15) is 25.1 Å². The van der Waals surface area contributed by atoms with E-state index in [1.54, 1.807) is 4.57 Å². The van der Waals surface area contributed by atoms with Crippen molar-refractivity contribution in [3.8, 4) is 5.75 Å². The fourth-order valence-electron chi connectivity index (χ4n) is 1.45. The van der Waals surface area contributed by atoms with Gasteiger partial charge in [-0.1, -0.05) is 0 Å². The van der Waals surface area contributed by atoms with Gasteiger partial charge in [0.2, 0.25) is 5.43 Å². The van der Waals surface area contributed by atoms with E-state index < -0.39 is 17.3 Å². The molecule has 1 aromatic heterocycles. The first-order valence-electron chi connectivity index (χ1n) is 4.79. The Labute approximate surface area is 87.2 Å². The van der Waals surface area contributed by atoms with Crippen molar-refractivity contribution >= 4 is 0 Å². The summed E-state index contributed by atoms with van der Waals surface area (Å²) >= 11 is 0. The molecule has 5 heteroatoms. The van der Waals surface area contributed by atoms with E-state index >= 15 is 0 Å². The van der Waals surface area contributed by atoms with Crippen LogP contribution in [0.2, 0.25) is 0 Å². The predicted octanol–water partition coefficient (Wildman–Crippen LogP) is -0.0104. The molecule has 0 aliphatic rings. The van der Waals surface area contributed by atoms with Crippen molar-refractivity contribution < 1.29 is 15.3 Å². The largest absolute Gasteiger partial charge is 0.503 e. The van der Waals surface area contributed by atoms with Gasteiger partial charge in [0, 0.05) is 25.4 Å². The molecular formula is C10H15NO4. The van der Waals surface area contributed by atoms with Crippen LogP contribution >= 0.6 is 0 Å². The standard InChI is InChI=1S/C10H15NO4/c1-7(13)9-10(15)8(14)3-5-11(9)4-2-6-12/h3,5,7,12-13,15H,2,4,6H2,1H3/t7-/m0/s1. The van der Waals surface area contributed by atoms with Crippen molar-refractivity contribution in [3.63, 3.8) is 0 Å². The number of hydrogen-bond donors (Lipinski definition) is 3. The van der Waals surface area contributed by atoms with Gasteiger partial charge < -0.3 is 19.9 Å². The van der Waals surface area contributed by atoms with E-state index in [9.17, 15) is 15.0 Å². The molecule has 84 valence electrons. The molecule has 1 atom stereocenters. The fourth-order valence-corrected chi connectivity index (χ4v) is 1.45. The molecule has 1 rings (SSSR count). The summed E-state index contributed by atoms with van der Waals surface area (Å²) in [7, 11) is 0. The van der Waals surface area contributed by atoms with Crippen LogP contribution in [0.15, 0.2) is 17.1 Å². The highest BCUT2D eigenvalue weighted by Gasteiger charge is 2.14. The molecule has 1 aromatic rings. The third-order valence-electron chi connectivity index (χ3n) is 2.14. The average Bonchev–Trinajstić information content (AvgIpc) is 2.19. The average molecular weight is 213 g/mol. The number of pyridine rings is 1. The first-order valence-corrected chi connectivity index (χ1v) is 4.79. The Bertz CT molecular complexity index is 383. The molecule has 0 saturated carbocycles. The smallest absolute Gasteiger partial charge is 0.223 e. The molecule has 0 aliphatic carbocycles. The van der Waals surface area contributed by atoms with Gasteiger partial charge in [-0.15, -0.1) is 0 Å². The van der Waals surface area contributed by atoms with Crippen LogP contribution in [-0.2, 0) is 6.54 Å². The summed E-state index contributed by atoms with van der Waals surface area (Å²) in [5.74, 6) is -0.426. The van der Waals surface area contributed by atoms with E-state index in [1.807, 2.05) is 0 Å². The molecule has 0 spiro atoms. The fraction of sp³-hybridized carbons (Fsp3) is 0.500. The molecule has 0 saturated heterocycles. The SMILES string of the molecule is C[C@H](O)c1c(O)c(=O)ccn1CCCO. The number of hydrogen-bond acceptors (Lipinski definition) is 4. The summed E-state index contributed by atoms with van der Waals surface area (Å²) in [6, 6.07) is 1.23. The number of aliphatic hydroxyl groups excluding tert-OH is 2. The van der Waals surface area contributed by atoms with Crippen molar-refractivity contribution in [2.45, 2.75) is 26.0 Å². The Morgan fingerprint density at radius 3 is 2.73 bits per heavy atom. The third kappa shape index (κ3) is 2.57. The second-order valence-electron chi connectivity index (χ2n) is 3.36. The molecule has 3 N–H and O–H groups in total. The van der Waals surface area contributed by atoms with E-state index in [4.69, 9.17) is 5.11 Å². The lowest BCUT2D eigenvalue weighted by molar-refractivity contribution is 0.180. The summed E-state index contributed by atoms with van der Waals surface area (Å²) in [6.07, 6.45) is 1.08. The van der Waals surface area contributed by atoms with Crippen LogP contribution < -0.4 is 5.43 Å². The minimum atomic E-state index is -0.919. The van der Waals surface area contributed by atoms with Gasteiger partial charge in [-0.05, 0) is 13.3 Å². The summed E-state index contributed by atoms with van der Waals surface area (Å²) < 4.78 is 1.57. The number of aromatic nitrogens is 1. The van der Waals surface area contributed by atoms with Gasteiger partial charge in [-0.25, -0.2) is 0 Å². The van der Waals surface area contributed by atoms with Crippen LogP contribution in [-0.4, -0.2) is 26.5 Å². The minimum Gasteiger partial charge on any atom is -0.503 e. The molecular weight excluding hydrogens is 198 g/mol. The zero-order chi connectivity index (χ0) is 11.4. The van der Waals surface area contributed by atoms with Crippen LogP contribution in [0.4, 0.5) is 0 Å². The van der Waals surface area contributed by atoms with Gasteiger partial charge in [0.05, 0.1) is 11.8 Å². The molecule has 5 nitrogen and oxygen atoms in total. The van der Waals surface area contributed by atoms with Crippen LogP contribution in [0, 0.1) is 0 Å². The van der Waals surface area contributed by atoms with Gasteiger partial charge in [0.25, 0.3) is 0 Å². The highest BCUT2D eigenvalue weighted by Crippen LogP contribution is 2.19. The molecule has 0 aliphatic heterocycles. The maximum absolute atomic E-state index is 11.1. The maximum atomic E-state index is 11.1. The number of rotatable bonds is 4. The Morgan fingerprint density at radius 2 is 2.20 bits per heavy atom. The summed E-state index contributed by atoms with van der Waals surface area (Å²) in [5, 5.41) is 27.6. The van der Waals surface area contributed by atoms with Gasteiger partial charge in [-0.2, -0.15) is 0 Å². The highest BCUT2D eigenvalue weighted by molar-refractivity contribution is 5.28. The molecule has 0 unspecified atom stereocenters. The van der Waals surface area contributed by atoms with Gasteiger partial charge in [0.1, 0.15) is 0 Å². The van der Waals surface area contributed by atoms with Gasteiger partial charge >= 0.3 is 0 Å². The Morgan fingerprint density at radius 1 is 1.53 bits per heavy atom. The molecule has 0 bridgehead atoms. The second kappa shape index (κ2) is 4.95. The Balaban J connectivity index is 3.15. The first kappa shape index (κ1) is 11.7. The molecule has 0 fully saturated rings. The lowest BCUT2D eigenvalue weighted by Crippen LogP contribution is -2.15. The molecule has 0 aromatic carbocycles. The summed E-state index contributed by atoms with van der Waals surface area (Å²) in [4.78, 5) is 11.1. The number of aliphatic hydroxyl groups is 2. The lowest BCUT2D eigenvalue weighted by Gasteiger charge is -2.15. The molecule has 0 amide bonds. The number of aromatic hydroxyl groups is 1. The minimum absolute atomic E-state index is 0.0200. The second-order valence-corrected chi connectivity index (χ2v) is 3.36. The first-order chi connectivity index (χ1) is 7.07. The van der Waals surface area contributed by atoms with Crippen molar-refractivity contribution in [1.82, 2.24) is 4.57 Å². The zero-order valence-electron chi connectivity index (χ0n) is 8.55. The predicted molar refractivity (Wildman–Crippen MR) is 54.7 cm³/mol. The van der Waals surface area contributed by atoms with Crippen LogP contribution in [0.5, 0.6) is 5.75 Å². The number of nitrogens with zero attached hydrogens (tertiary/aromatic N) is 1. The van der Waals surface area contributed by atoms with Gasteiger partial charge in [0.15, 0.2) is 5.75 Å². The van der Waals surface area contributed by atoms with Crippen molar-refractivity contribution in [1.29, 1.82) is 0 Å². The summed E-state index contributed by atoms with van der Waals surface area (Å²) in [6.45, 7) is 1.95. The van der Waals surface area contributed by atoms with Crippen molar-refractivity contribution in [2.24, 2.45) is 0 Å². The molecule has 15 heavy (non-hydrogen) atoms. The van der Waals surface area contributed by atoms with E-state index in [0.717, 1.165) is 0 Å². The van der Waals surface area contributed by atoms with Crippen molar-refractivity contribution in [3.05, 3.63) is 28.2 Å². The van der Waals surface area contributed by atoms with Crippen molar-refractivity contribution in [2.75, 3.05) is 6.61 Å². The topological polar surface area (TPSA) is 82.7 Å². The molecule has 0 radical (unpaired) electrons. The lowest BCUT2D eigenvalue weighted by atomic mass is 10.2. The van der Waals surface area contributed by atoms with E-state index in [0.29, 0.717) is 13.0 Å². The highest BCUT2D eigenvalue weighted by atomic mass is 16.3. The normalized spacial score (nSPS) is 12.7. The zero-order valence-corrected chi connectivity index (χ0v) is 8.55. The molecule has 1 heterocycles. The number of aryl methyl sites for hydroxylation is 1. The van der Waals surface area contributed by atoms with E-state index in [-0.39, 0.29) is 12.3 Å². The van der Waals surface area contributed by atoms with Crippen LogP contribution in [0.25, 0.3) is 0 Å². The van der Waals surface area contributed by atoms with Crippen LogP contribution in [0.3, 0.4) is 0 Å². The summed E-state index contributed by atoms with van der Waals surface area (Å²) in [5.41, 5.74) is -0.318. The quantitative estimate of drug-likeness (QED) is 0.657. The maximum Gasteiger partial charge on any atom is 0.223 e. The third-order valence-corrected chi connectivity index (χ3v) is 2.14. The van der Waals surface area contributed by atoms with E-state index in [1.165, 1.54) is 19.2 Å².